The molecule has 98 valence electrons. The Morgan fingerprint density at radius 1 is 1.28 bits per heavy atom. The van der Waals surface area contributed by atoms with Crippen molar-refractivity contribution in [1.82, 2.24) is 0 Å². The number of ether oxygens (including phenoxy) is 1. The molecule has 3 rings (SSSR count). The van der Waals surface area contributed by atoms with Crippen LogP contribution in [0.3, 0.4) is 0 Å². The van der Waals surface area contributed by atoms with Gasteiger partial charge >= 0.3 is 0 Å². The monoisotopic (exact) mass is 245 g/mol. The second-order valence-electron chi connectivity index (χ2n) is 6.02. The third-order valence-corrected chi connectivity index (χ3v) is 4.98. The number of para-hydroxylation sites is 1. The van der Waals surface area contributed by atoms with Crippen LogP contribution in [0, 0.1) is 17.8 Å². The molecular weight excluding hydrogens is 222 g/mol. The Labute approximate surface area is 110 Å². The van der Waals surface area contributed by atoms with E-state index in [1.165, 1.54) is 31.2 Å². The lowest BCUT2D eigenvalue weighted by atomic mass is 9.83. The van der Waals surface area contributed by atoms with Gasteiger partial charge in [0.25, 0.3) is 0 Å². The molecule has 4 atom stereocenters. The molecule has 2 heteroatoms. The largest absolute Gasteiger partial charge is 0.496 e. The van der Waals surface area contributed by atoms with E-state index >= 15 is 0 Å². The zero-order chi connectivity index (χ0) is 12.5. The third kappa shape index (κ3) is 2.14. The summed E-state index contributed by atoms with van der Waals surface area (Å²) in [7, 11) is 1.73. The summed E-state index contributed by atoms with van der Waals surface area (Å²) >= 11 is 0. The molecule has 4 unspecified atom stereocenters. The Kier molecular flexibility index (Phi) is 3.29. The molecule has 0 saturated heterocycles. The average molecular weight is 245 g/mol. The number of benzene rings is 1. The van der Waals surface area contributed by atoms with E-state index in [2.05, 4.69) is 12.1 Å². The molecule has 18 heavy (non-hydrogen) atoms. The highest BCUT2D eigenvalue weighted by atomic mass is 16.5. The van der Waals surface area contributed by atoms with Gasteiger partial charge in [0.15, 0.2) is 0 Å². The fraction of sp³-hybridized carbons (Fsp3) is 0.625. The zero-order valence-electron chi connectivity index (χ0n) is 11.1. The molecule has 0 heterocycles. The van der Waals surface area contributed by atoms with Crippen molar-refractivity contribution in [3.8, 4) is 5.75 Å². The standard InChI is InChI=1S/C16H23NO/c1-18-16-5-3-2-4-14(16)15(17)10-13-9-11-6-7-12(13)8-11/h2-5,11-13,15H,6-10,17H2,1H3. The van der Waals surface area contributed by atoms with Gasteiger partial charge in [0.1, 0.15) is 5.75 Å². The Bertz CT molecular complexity index is 417. The lowest BCUT2D eigenvalue weighted by molar-refractivity contribution is 0.293. The molecule has 0 aromatic heterocycles. The summed E-state index contributed by atoms with van der Waals surface area (Å²) in [5.41, 5.74) is 7.57. The van der Waals surface area contributed by atoms with Gasteiger partial charge in [-0.2, -0.15) is 0 Å². The van der Waals surface area contributed by atoms with E-state index < -0.39 is 0 Å². The molecule has 2 N–H and O–H groups in total. The highest BCUT2D eigenvalue weighted by Gasteiger charge is 2.39. The molecule has 0 amide bonds. The molecule has 2 nitrogen and oxygen atoms in total. The fourth-order valence-corrected chi connectivity index (χ4v) is 4.09. The lowest BCUT2D eigenvalue weighted by Crippen LogP contribution is -2.20. The minimum absolute atomic E-state index is 0.130. The molecule has 0 radical (unpaired) electrons. The van der Waals surface area contributed by atoms with E-state index in [9.17, 15) is 0 Å². The van der Waals surface area contributed by atoms with Crippen LogP contribution in [0.15, 0.2) is 24.3 Å². The highest BCUT2D eigenvalue weighted by Crippen LogP contribution is 2.50. The van der Waals surface area contributed by atoms with Crippen molar-refractivity contribution in [1.29, 1.82) is 0 Å². The number of hydrogen-bond donors (Lipinski definition) is 1. The van der Waals surface area contributed by atoms with Crippen molar-refractivity contribution in [3.63, 3.8) is 0 Å². The van der Waals surface area contributed by atoms with Crippen LogP contribution in [0.25, 0.3) is 0 Å². The molecule has 1 aromatic carbocycles. The normalized spacial score (nSPS) is 31.6. The molecule has 2 bridgehead atoms. The molecule has 2 aliphatic rings. The average Bonchev–Trinajstić information content (AvgIpc) is 3.01. The quantitative estimate of drug-likeness (QED) is 0.881. The maximum atomic E-state index is 6.40. The summed E-state index contributed by atoms with van der Waals surface area (Å²) in [6, 6.07) is 8.31. The Morgan fingerprint density at radius 3 is 2.78 bits per heavy atom. The van der Waals surface area contributed by atoms with Gasteiger partial charge in [-0.1, -0.05) is 24.6 Å². The van der Waals surface area contributed by atoms with Gasteiger partial charge in [-0.15, -0.1) is 0 Å². The SMILES string of the molecule is COc1ccccc1C(N)CC1CC2CCC1C2. The van der Waals surface area contributed by atoms with Crippen LogP contribution in [-0.2, 0) is 0 Å². The van der Waals surface area contributed by atoms with Crippen molar-refractivity contribution in [2.24, 2.45) is 23.5 Å². The number of hydrogen-bond acceptors (Lipinski definition) is 2. The van der Waals surface area contributed by atoms with Crippen LogP contribution in [0.4, 0.5) is 0 Å². The first-order valence-corrected chi connectivity index (χ1v) is 7.16. The first-order chi connectivity index (χ1) is 8.78. The summed E-state index contributed by atoms with van der Waals surface area (Å²) in [5.74, 6) is 3.75. The van der Waals surface area contributed by atoms with Crippen LogP contribution < -0.4 is 10.5 Å². The summed E-state index contributed by atoms with van der Waals surface area (Å²) < 4.78 is 5.41. The molecule has 0 spiro atoms. The molecular formula is C16H23NO. The number of rotatable bonds is 4. The summed E-state index contributed by atoms with van der Waals surface area (Å²) in [5, 5.41) is 0. The Balaban J connectivity index is 1.69. The maximum absolute atomic E-state index is 6.40. The van der Waals surface area contributed by atoms with Crippen LogP contribution >= 0.6 is 0 Å². The second kappa shape index (κ2) is 4.93. The van der Waals surface area contributed by atoms with Crippen molar-refractivity contribution in [2.45, 2.75) is 38.1 Å². The number of fused-ring (bicyclic) bond motifs is 2. The maximum Gasteiger partial charge on any atom is 0.123 e. The van der Waals surface area contributed by atoms with Crippen molar-refractivity contribution in [2.75, 3.05) is 7.11 Å². The summed E-state index contributed by atoms with van der Waals surface area (Å²) in [6.07, 6.45) is 6.90. The summed E-state index contributed by atoms with van der Waals surface area (Å²) in [6.45, 7) is 0. The van der Waals surface area contributed by atoms with Crippen LogP contribution in [-0.4, -0.2) is 7.11 Å². The van der Waals surface area contributed by atoms with Gasteiger partial charge in [0.05, 0.1) is 7.11 Å². The van der Waals surface area contributed by atoms with Gasteiger partial charge in [-0.05, 0) is 49.5 Å². The molecule has 0 aliphatic heterocycles. The van der Waals surface area contributed by atoms with Crippen LogP contribution in [0.2, 0.25) is 0 Å². The minimum Gasteiger partial charge on any atom is -0.496 e. The smallest absolute Gasteiger partial charge is 0.123 e. The van der Waals surface area contributed by atoms with E-state index in [-0.39, 0.29) is 6.04 Å². The third-order valence-electron chi connectivity index (χ3n) is 4.98. The van der Waals surface area contributed by atoms with Gasteiger partial charge in [-0.25, -0.2) is 0 Å². The second-order valence-corrected chi connectivity index (χ2v) is 6.02. The molecule has 2 fully saturated rings. The van der Waals surface area contributed by atoms with Gasteiger partial charge in [0.2, 0.25) is 0 Å². The molecule has 2 saturated carbocycles. The minimum atomic E-state index is 0.130. The number of nitrogens with two attached hydrogens (primary N) is 1. The Hall–Kier alpha value is -1.02. The molecule has 2 aliphatic carbocycles. The van der Waals surface area contributed by atoms with E-state index in [0.29, 0.717) is 0 Å². The predicted molar refractivity (Wildman–Crippen MR) is 73.5 cm³/mol. The fourth-order valence-electron chi connectivity index (χ4n) is 4.09. The van der Waals surface area contributed by atoms with Gasteiger partial charge in [-0.3, -0.25) is 0 Å². The highest BCUT2D eigenvalue weighted by molar-refractivity contribution is 5.35. The van der Waals surface area contributed by atoms with E-state index in [4.69, 9.17) is 10.5 Å². The summed E-state index contributed by atoms with van der Waals surface area (Å²) in [4.78, 5) is 0. The van der Waals surface area contributed by atoms with Gasteiger partial charge < -0.3 is 10.5 Å². The van der Waals surface area contributed by atoms with E-state index in [1.54, 1.807) is 7.11 Å². The number of methoxy groups -OCH3 is 1. The first kappa shape index (κ1) is 12.0. The topological polar surface area (TPSA) is 35.2 Å². The van der Waals surface area contributed by atoms with Gasteiger partial charge in [0, 0.05) is 11.6 Å². The first-order valence-electron chi connectivity index (χ1n) is 7.16. The van der Waals surface area contributed by atoms with E-state index in [1.807, 2.05) is 12.1 Å². The Morgan fingerprint density at radius 2 is 2.11 bits per heavy atom. The molecule has 1 aromatic rings. The van der Waals surface area contributed by atoms with Crippen LogP contribution in [0.5, 0.6) is 5.75 Å². The van der Waals surface area contributed by atoms with E-state index in [0.717, 1.165) is 29.9 Å². The van der Waals surface area contributed by atoms with Crippen LogP contribution in [0.1, 0.15) is 43.7 Å². The van der Waals surface area contributed by atoms with Crippen molar-refractivity contribution in [3.05, 3.63) is 29.8 Å². The van der Waals surface area contributed by atoms with Crippen molar-refractivity contribution >= 4 is 0 Å². The zero-order valence-corrected chi connectivity index (χ0v) is 11.1. The lowest BCUT2D eigenvalue weighted by Gasteiger charge is -2.25. The van der Waals surface area contributed by atoms with Crippen molar-refractivity contribution < 1.29 is 4.74 Å². The predicted octanol–water partition coefficient (Wildman–Crippen LogP) is 3.52.